The number of para-hydroxylation sites is 1. The molecule has 0 atom stereocenters. The fourth-order valence-corrected chi connectivity index (χ4v) is 4.47. The fraction of sp³-hybridized carbons (Fsp3) is 0.120. The second-order valence-electron chi connectivity index (χ2n) is 7.42. The minimum absolute atomic E-state index is 0.0559. The summed E-state index contributed by atoms with van der Waals surface area (Å²) in [4.78, 5) is 12.5. The van der Waals surface area contributed by atoms with E-state index in [1.807, 2.05) is 30.3 Å². The first-order valence-electron chi connectivity index (χ1n) is 10.4. The Balaban J connectivity index is 1.39. The van der Waals surface area contributed by atoms with Crippen molar-refractivity contribution in [3.63, 3.8) is 0 Å². The summed E-state index contributed by atoms with van der Waals surface area (Å²) < 4.78 is 39.1. The van der Waals surface area contributed by atoms with Crippen LogP contribution in [0.3, 0.4) is 0 Å². The first-order valence-corrected chi connectivity index (χ1v) is 11.8. The third-order valence-electron chi connectivity index (χ3n) is 5.16. The first-order chi connectivity index (χ1) is 16.4. The van der Waals surface area contributed by atoms with Crippen LogP contribution in [0.5, 0.6) is 11.5 Å². The highest BCUT2D eigenvalue weighted by Gasteiger charge is 2.21. The number of aromatic nitrogens is 2. The Morgan fingerprint density at radius 1 is 0.941 bits per heavy atom. The van der Waals surface area contributed by atoms with Gasteiger partial charge in [-0.15, -0.1) is 0 Å². The molecule has 0 spiro atoms. The van der Waals surface area contributed by atoms with Gasteiger partial charge in [0, 0.05) is 18.8 Å². The lowest BCUT2D eigenvalue weighted by Gasteiger charge is -2.20. The summed E-state index contributed by atoms with van der Waals surface area (Å²) in [5.74, 6) is 0.444. The Morgan fingerprint density at radius 2 is 1.59 bits per heavy atom. The van der Waals surface area contributed by atoms with E-state index in [2.05, 4.69) is 5.10 Å². The number of benzene rings is 3. The first kappa shape index (κ1) is 23.1. The molecular formula is C25H23N3O5S. The van der Waals surface area contributed by atoms with E-state index >= 15 is 0 Å². The van der Waals surface area contributed by atoms with Crippen LogP contribution in [0, 0.1) is 0 Å². The Kier molecular flexibility index (Phi) is 6.65. The fourth-order valence-electron chi connectivity index (χ4n) is 3.28. The molecule has 34 heavy (non-hydrogen) atoms. The largest absolute Gasteiger partial charge is 0.497 e. The zero-order valence-electron chi connectivity index (χ0n) is 18.7. The molecule has 0 N–H and O–H groups in total. The van der Waals surface area contributed by atoms with Crippen LogP contribution < -0.4 is 13.8 Å². The zero-order chi connectivity index (χ0) is 24.1. The number of carbonyl (C=O) groups excluding carboxylic acids is 1. The number of methoxy groups -OCH3 is 1. The smallest absolute Gasteiger partial charge is 0.315 e. The summed E-state index contributed by atoms with van der Waals surface area (Å²) in [6.45, 7) is 0. The molecule has 1 aromatic heterocycles. The average Bonchev–Trinajstić information content (AvgIpc) is 3.33. The summed E-state index contributed by atoms with van der Waals surface area (Å²) in [6.07, 6.45) is 3.45. The van der Waals surface area contributed by atoms with Crippen molar-refractivity contribution in [2.45, 2.75) is 11.3 Å². The summed E-state index contributed by atoms with van der Waals surface area (Å²) in [7, 11) is -0.775. The Bertz CT molecular complexity index is 1370. The van der Waals surface area contributed by atoms with E-state index in [-0.39, 0.29) is 11.3 Å². The summed E-state index contributed by atoms with van der Waals surface area (Å²) in [5, 5.41) is 4.27. The number of sulfonamides is 1. The van der Waals surface area contributed by atoms with Crippen molar-refractivity contribution >= 4 is 21.7 Å². The molecule has 0 radical (unpaired) electrons. The van der Waals surface area contributed by atoms with Crippen molar-refractivity contribution in [3.8, 4) is 17.2 Å². The Hall–Kier alpha value is -4.11. The van der Waals surface area contributed by atoms with E-state index in [4.69, 9.17) is 9.47 Å². The maximum atomic E-state index is 12.9. The number of carbonyl (C=O) groups is 1. The molecule has 9 heteroatoms. The van der Waals surface area contributed by atoms with Gasteiger partial charge in [0.15, 0.2) is 0 Å². The molecule has 0 aliphatic carbocycles. The zero-order valence-corrected chi connectivity index (χ0v) is 19.5. The van der Waals surface area contributed by atoms with Crippen molar-refractivity contribution < 1.29 is 22.7 Å². The third kappa shape index (κ3) is 5.10. The highest BCUT2D eigenvalue weighted by atomic mass is 32.2. The van der Waals surface area contributed by atoms with Crippen LogP contribution in [0.25, 0.3) is 5.69 Å². The van der Waals surface area contributed by atoms with Gasteiger partial charge >= 0.3 is 5.97 Å². The monoisotopic (exact) mass is 477 g/mol. The van der Waals surface area contributed by atoms with Crippen molar-refractivity contribution in [2.24, 2.45) is 0 Å². The van der Waals surface area contributed by atoms with Crippen molar-refractivity contribution in [1.82, 2.24) is 9.78 Å². The topological polar surface area (TPSA) is 90.7 Å². The predicted octanol–water partition coefficient (Wildman–Crippen LogP) is 3.85. The molecule has 4 rings (SSSR count). The van der Waals surface area contributed by atoms with Crippen LogP contribution in [0.1, 0.15) is 5.56 Å². The van der Waals surface area contributed by atoms with Gasteiger partial charge in [-0.25, -0.2) is 13.1 Å². The quantitative estimate of drug-likeness (QED) is 0.283. The van der Waals surface area contributed by atoms with E-state index in [0.29, 0.717) is 17.2 Å². The number of nitrogens with zero attached hydrogens (tertiary/aromatic N) is 3. The van der Waals surface area contributed by atoms with Crippen LogP contribution in [-0.4, -0.2) is 38.3 Å². The van der Waals surface area contributed by atoms with Gasteiger partial charge in [0.1, 0.15) is 11.5 Å². The maximum absolute atomic E-state index is 12.9. The lowest BCUT2D eigenvalue weighted by atomic mass is 10.2. The lowest BCUT2D eigenvalue weighted by Crippen LogP contribution is -2.26. The predicted molar refractivity (Wildman–Crippen MR) is 128 cm³/mol. The molecular weight excluding hydrogens is 454 g/mol. The highest BCUT2D eigenvalue weighted by Crippen LogP contribution is 2.25. The molecule has 0 bridgehead atoms. The van der Waals surface area contributed by atoms with Gasteiger partial charge in [0.2, 0.25) is 0 Å². The molecule has 0 saturated heterocycles. The summed E-state index contributed by atoms with van der Waals surface area (Å²) >= 11 is 0. The normalized spacial score (nSPS) is 11.1. The Morgan fingerprint density at radius 3 is 2.24 bits per heavy atom. The molecule has 0 amide bonds. The number of rotatable bonds is 8. The standard InChI is InChI=1S/C25H23N3O5S/c1-27(34(30,31)24-14-12-22(32-2)13-15-24)20-8-10-23(11-9-20)33-25(29)16-19-17-26-28(18-19)21-6-4-3-5-7-21/h3-15,17-18H,16H2,1-2H3. The van der Waals surface area contributed by atoms with Crippen LogP contribution in [0.4, 0.5) is 5.69 Å². The van der Waals surface area contributed by atoms with Gasteiger partial charge in [0.05, 0.1) is 36.0 Å². The SMILES string of the molecule is COc1ccc(S(=O)(=O)N(C)c2ccc(OC(=O)Cc3cnn(-c4ccccc4)c3)cc2)cc1. The maximum Gasteiger partial charge on any atom is 0.315 e. The van der Waals surface area contributed by atoms with Crippen molar-refractivity contribution in [2.75, 3.05) is 18.5 Å². The van der Waals surface area contributed by atoms with Gasteiger partial charge in [-0.05, 0) is 60.7 Å². The summed E-state index contributed by atoms with van der Waals surface area (Å²) in [6, 6.07) is 22.0. The van der Waals surface area contributed by atoms with E-state index in [1.165, 1.54) is 30.6 Å². The number of ether oxygens (including phenoxy) is 2. The molecule has 0 aliphatic rings. The molecule has 174 valence electrons. The molecule has 0 saturated carbocycles. The molecule has 0 unspecified atom stereocenters. The van der Waals surface area contributed by atoms with E-state index in [9.17, 15) is 13.2 Å². The number of anilines is 1. The van der Waals surface area contributed by atoms with Gasteiger partial charge < -0.3 is 9.47 Å². The van der Waals surface area contributed by atoms with Crippen LogP contribution in [0.15, 0.2) is 96.2 Å². The molecule has 4 aromatic rings. The summed E-state index contributed by atoms with van der Waals surface area (Å²) in [5.41, 5.74) is 2.04. The third-order valence-corrected chi connectivity index (χ3v) is 6.95. The van der Waals surface area contributed by atoms with E-state index in [1.54, 1.807) is 53.5 Å². The minimum Gasteiger partial charge on any atom is -0.497 e. The Labute approximate surface area is 198 Å². The molecule has 3 aromatic carbocycles. The number of hydrogen-bond donors (Lipinski definition) is 0. The molecule has 0 aliphatic heterocycles. The van der Waals surface area contributed by atoms with Crippen LogP contribution in [0.2, 0.25) is 0 Å². The van der Waals surface area contributed by atoms with Gasteiger partial charge in [-0.2, -0.15) is 5.10 Å². The molecule has 0 fully saturated rings. The number of esters is 1. The van der Waals surface area contributed by atoms with E-state index < -0.39 is 16.0 Å². The lowest BCUT2D eigenvalue weighted by molar-refractivity contribution is -0.133. The second-order valence-corrected chi connectivity index (χ2v) is 9.39. The van der Waals surface area contributed by atoms with Crippen molar-refractivity contribution in [3.05, 3.63) is 96.8 Å². The van der Waals surface area contributed by atoms with Crippen LogP contribution in [-0.2, 0) is 21.2 Å². The second kappa shape index (κ2) is 9.80. The molecule has 1 heterocycles. The average molecular weight is 478 g/mol. The molecule has 8 nitrogen and oxygen atoms in total. The van der Waals surface area contributed by atoms with Crippen LogP contribution >= 0.6 is 0 Å². The van der Waals surface area contributed by atoms with Crippen molar-refractivity contribution in [1.29, 1.82) is 0 Å². The van der Waals surface area contributed by atoms with Gasteiger partial charge in [0.25, 0.3) is 10.0 Å². The van der Waals surface area contributed by atoms with Gasteiger partial charge in [-0.1, -0.05) is 18.2 Å². The highest BCUT2D eigenvalue weighted by molar-refractivity contribution is 7.92. The number of hydrogen-bond acceptors (Lipinski definition) is 6. The van der Waals surface area contributed by atoms with Gasteiger partial charge in [-0.3, -0.25) is 9.10 Å². The van der Waals surface area contributed by atoms with E-state index in [0.717, 1.165) is 11.3 Å². The minimum atomic E-state index is -3.75.